The number of piperazine rings is 1. The van der Waals surface area contributed by atoms with Gasteiger partial charge in [-0.25, -0.2) is 0 Å². The average Bonchev–Trinajstić information content (AvgIpc) is 2.48. The standard InChI is InChI=1S/C18H31N3/c1-4-9-17-15-21(13-8-12-20(2)3)18(14-19-17)16-10-6-5-7-11-16/h5-7,10-11,17-19H,4,8-9,12-15H2,1-3H3. The van der Waals surface area contributed by atoms with Gasteiger partial charge in [-0.15, -0.1) is 0 Å². The third-order valence-corrected chi connectivity index (χ3v) is 4.37. The zero-order valence-electron chi connectivity index (χ0n) is 13.9. The molecule has 1 heterocycles. The molecule has 2 rings (SSSR count). The van der Waals surface area contributed by atoms with Gasteiger partial charge >= 0.3 is 0 Å². The number of hydrogen-bond donors (Lipinski definition) is 1. The first-order valence-electron chi connectivity index (χ1n) is 8.37. The molecule has 0 aliphatic carbocycles. The molecule has 3 nitrogen and oxygen atoms in total. The van der Waals surface area contributed by atoms with Crippen LogP contribution in [0.15, 0.2) is 30.3 Å². The maximum Gasteiger partial charge on any atom is 0.0473 e. The smallest absolute Gasteiger partial charge is 0.0473 e. The highest BCUT2D eigenvalue weighted by atomic mass is 15.2. The summed E-state index contributed by atoms with van der Waals surface area (Å²) in [6.07, 6.45) is 3.79. The number of hydrogen-bond acceptors (Lipinski definition) is 3. The monoisotopic (exact) mass is 289 g/mol. The summed E-state index contributed by atoms with van der Waals surface area (Å²) in [6.45, 7) is 6.91. The lowest BCUT2D eigenvalue weighted by Gasteiger charge is -2.41. The fourth-order valence-electron chi connectivity index (χ4n) is 3.27. The van der Waals surface area contributed by atoms with E-state index in [0.717, 1.165) is 6.54 Å². The Morgan fingerprint density at radius 2 is 2.00 bits per heavy atom. The van der Waals surface area contributed by atoms with Gasteiger partial charge in [0.15, 0.2) is 0 Å². The highest BCUT2D eigenvalue weighted by Gasteiger charge is 2.27. The van der Waals surface area contributed by atoms with Gasteiger partial charge in [-0.3, -0.25) is 4.90 Å². The molecule has 1 aromatic carbocycles. The molecule has 0 aromatic heterocycles. The van der Waals surface area contributed by atoms with Crippen molar-refractivity contribution in [3.8, 4) is 0 Å². The highest BCUT2D eigenvalue weighted by Crippen LogP contribution is 2.24. The number of benzene rings is 1. The van der Waals surface area contributed by atoms with Gasteiger partial charge in [0, 0.05) is 31.7 Å². The van der Waals surface area contributed by atoms with Crippen LogP contribution in [-0.4, -0.2) is 56.1 Å². The van der Waals surface area contributed by atoms with Crippen molar-refractivity contribution in [3.63, 3.8) is 0 Å². The van der Waals surface area contributed by atoms with Crippen LogP contribution in [0.4, 0.5) is 0 Å². The van der Waals surface area contributed by atoms with E-state index >= 15 is 0 Å². The number of nitrogens with zero attached hydrogens (tertiary/aromatic N) is 2. The van der Waals surface area contributed by atoms with Crippen LogP contribution in [0, 0.1) is 0 Å². The Labute approximate surface area is 130 Å². The van der Waals surface area contributed by atoms with E-state index < -0.39 is 0 Å². The summed E-state index contributed by atoms with van der Waals surface area (Å²) in [5.41, 5.74) is 1.45. The third-order valence-electron chi connectivity index (χ3n) is 4.37. The molecule has 0 bridgehead atoms. The van der Waals surface area contributed by atoms with E-state index in [1.165, 1.54) is 44.5 Å². The highest BCUT2D eigenvalue weighted by molar-refractivity contribution is 5.20. The second-order valence-electron chi connectivity index (χ2n) is 6.47. The molecule has 0 spiro atoms. The van der Waals surface area contributed by atoms with Gasteiger partial charge in [-0.2, -0.15) is 0 Å². The third kappa shape index (κ3) is 5.10. The normalized spacial score (nSPS) is 23.6. The molecule has 21 heavy (non-hydrogen) atoms. The topological polar surface area (TPSA) is 18.5 Å². The zero-order chi connectivity index (χ0) is 15.1. The summed E-state index contributed by atoms with van der Waals surface area (Å²) in [4.78, 5) is 4.97. The Morgan fingerprint density at radius 3 is 2.67 bits per heavy atom. The van der Waals surface area contributed by atoms with Crippen molar-refractivity contribution in [2.45, 2.75) is 38.3 Å². The molecular weight excluding hydrogens is 258 g/mol. The maximum atomic E-state index is 3.75. The summed E-state index contributed by atoms with van der Waals surface area (Å²) < 4.78 is 0. The SMILES string of the molecule is CCCC1CN(CCCN(C)C)C(c2ccccc2)CN1. The minimum atomic E-state index is 0.529. The van der Waals surface area contributed by atoms with Crippen molar-refractivity contribution in [3.05, 3.63) is 35.9 Å². The second kappa shape index (κ2) is 8.52. The molecule has 0 saturated carbocycles. The molecule has 1 N–H and O–H groups in total. The van der Waals surface area contributed by atoms with Gasteiger partial charge in [0.2, 0.25) is 0 Å². The Hall–Kier alpha value is -0.900. The van der Waals surface area contributed by atoms with Crippen molar-refractivity contribution in [2.24, 2.45) is 0 Å². The van der Waals surface area contributed by atoms with Gasteiger partial charge in [-0.1, -0.05) is 43.7 Å². The molecule has 2 unspecified atom stereocenters. The summed E-state index contributed by atoms with van der Waals surface area (Å²) in [5, 5.41) is 3.75. The van der Waals surface area contributed by atoms with Crippen LogP contribution in [0.2, 0.25) is 0 Å². The van der Waals surface area contributed by atoms with Crippen molar-refractivity contribution in [1.29, 1.82) is 0 Å². The zero-order valence-corrected chi connectivity index (χ0v) is 13.9. The minimum absolute atomic E-state index is 0.529. The molecule has 0 amide bonds. The molecule has 1 aliphatic rings. The minimum Gasteiger partial charge on any atom is -0.311 e. The van der Waals surface area contributed by atoms with E-state index in [4.69, 9.17) is 0 Å². The fourth-order valence-corrected chi connectivity index (χ4v) is 3.27. The maximum absolute atomic E-state index is 3.75. The first-order valence-corrected chi connectivity index (χ1v) is 8.37. The molecule has 1 aliphatic heterocycles. The van der Waals surface area contributed by atoms with Crippen molar-refractivity contribution < 1.29 is 0 Å². The first-order chi connectivity index (χ1) is 10.2. The summed E-state index contributed by atoms with van der Waals surface area (Å²) >= 11 is 0. The average molecular weight is 289 g/mol. The quantitative estimate of drug-likeness (QED) is 0.833. The van der Waals surface area contributed by atoms with Gasteiger partial charge in [0.25, 0.3) is 0 Å². The lowest BCUT2D eigenvalue weighted by Crippen LogP contribution is -2.52. The van der Waals surface area contributed by atoms with Gasteiger partial charge in [0.05, 0.1) is 0 Å². The first kappa shape index (κ1) is 16.5. The van der Waals surface area contributed by atoms with Crippen LogP contribution in [0.1, 0.15) is 37.8 Å². The van der Waals surface area contributed by atoms with E-state index in [0.29, 0.717) is 12.1 Å². The Morgan fingerprint density at radius 1 is 1.24 bits per heavy atom. The predicted octanol–water partition coefficient (Wildman–Crippen LogP) is 2.75. The van der Waals surface area contributed by atoms with Crippen LogP contribution in [-0.2, 0) is 0 Å². The molecule has 118 valence electrons. The van der Waals surface area contributed by atoms with Crippen LogP contribution >= 0.6 is 0 Å². The van der Waals surface area contributed by atoms with Gasteiger partial charge < -0.3 is 10.2 Å². The van der Waals surface area contributed by atoms with Crippen molar-refractivity contribution in [2.75, 3.05) is 40.3 Å². The summed E-state index contributed by atoms with van der Waals surface area (Å²) in [6, 6.07) is 12.2. The Balaban J connectivity index is 1.99. The second-order valence-corrected chi connectivity index (χ2v) is 6.47. The lowest BCUT2D eigenvalue weighted by atomic mass is 9.99. The molecular formula is C18H31N3. The van der Waals surface area contributed by atoms with Crippen LogP contribution in [0.3, 0.4) is 0 Å². The Kier molecular flexibility index (Phi) is 6.68. The van der Waals surface area contributed by atoms with Gasteiger partial charge in [-0.05, 0) is 39.0 Å². The molecule has 2 atom stereocenters. The molecule has 1 saturated heterocycles. The van der Waals surface area contributed by atoms with E-state index in [9.17, 15) is 0 Å². The Bertz CT molecular complexity index is 391. The van der Waals surface area contributed by atoms with Gasteiger partial charge in [0.1, 0.15) is 0 Å². The number of nitrogens with one attached hydrogen (secondary N) is 1. The van der Waals surface area contributed by atoms with E-state index in [-0.39, 0.29) is 0 Å². The van der Waals surface area contributed by atoms with Crippen LogP contribution in [0.5, 0.6) is 0 Å². The van der Waals surface area contributed by atoms with E-state index in [1.807, 2.05) is 0 Å². The fraction of sp³-hybridized carbons (Fsp3) is 0.667. The molecule has 1 aromatic rings. The van der Waals surface area contributed by atoms with Crippen LogP contribution < -0.4 is 5.32 Å². The summed E-state index contributed by atoms with van der Waals surface area (Å²) in [5.74, 6) is 0. The molecule has 3 heteroatoms. The predicted molar refractivity (Wildman–Crippen MR) is 90.6 cm³/mol. The molecule has 1 fully saturated rings. The van der Waals surface area contributed by atoms with Crippen LogP contribution in [0.25, 0.3) is 0 Å². The lowest BCUT2D eigenvalue weighted by molar-refractivity contribution is 0.122. The van der Waals surface area contributed by atoms with Crippen molar-refractivity contribution >= 4 is 0 Å². The molecule has 0 radical (unpaired) electrons. The largest absolute Gasteiger partial charge is 0.311 e. The van der Waals surface area contributed by atoms with E-state index in [2.05, 4.69) is 66.5 Å². The van der Waals surface area contributed by atoms with E-state index in [1.54, 1.807) is 0 Å². The number of rotatable bonds is 7. The van der Waals surface area contributed by atoms with Crippen molar-refractivity contribution in [1.82, 2.24) is 15.1 Å². The summed E-state index contributed by atoms with van der Waals surface area (Å²) in [7, 11) is 4.32.